The molecule has 1 atom stereocenters. The third-order valence-electron chi connectivity index (χ3n) is 3.91. The average molecular weight is 257 g/mol. The highest BCUT2D eigenvalue weighted by molar-refractivity contribution is 5.81. The second kappa shape index (κ2) is 7.71. The van der Waals surface area contributed by atoms with Crippen LogP contribution in [0, 0.1) is 0 Å². The number of nitrogens with zero attached hydrogens (tertiary/aromatic N) is 1. The van der Waals surface area contributed by atoms with E-state index in [9.17, 15) is 4.79 Å². The zero-order chi connectivity index (χ0) is 13.5. The highest BCUT2D eigenvalue weighted by atomic mass is 16.5. The number of carbonyl (C=O) groups excluding carboxylic acids is 1. The summed E-state index contributed by atoms with van der Waals surface area (Å²) < 4.78 is 4.92. The van der Waals surface area contributed by atoms with Crippen molar-refractivity contribution in [3.05, 3.63) is 0 Å². The van der Waals surface area contributed by atoms with Gasteiger partial charge in [-0.2, -0.15) is 0 Å². The molecule has 1 unspecified atom stereocenters. The molecule has 1 aliphatic rings. The quantitative estimate of drug-likeness (QED) is 0.673. The normalized spacial score (nSPS) is 26.1. The van der Waals surface area contributed by atoms with E-state index >= 15 is 0 Å². The molecule has 18 heavy (non-hydrogen) atoms. The van der Waals surface area contributed by atoms with E-state index in [2.05, 4.69) is 10.2 Å². The van der Waals surface area contributed by atoms with Crippen molar-refractivity contribution in [2.75, 3.05) is 27.3 Å². The minimum atomic E-state index is -0.0961. The number of ether oxygens (including phenoxy) is 1. The standard InChI is InChI=1S/C13H27N3O2/c1-10(13(17)15-8-9-18-3)16(2)12-6-4-11(14)5-7-12/h10-12H,4-9,14H2,1-3H3,(H,15,17). The first-order chi connectivity index (χ1) is 8.56. The number of hydrogen-bond acceptors (Lipinski definition) is 4. The molecule has 0 aromatic heterocycles. The minimum absolute atomic E-state index is 0.0735. The number of methoxy groups -OCH3 is 1. The maximum Gasteiger partial charge on any atom is 0.237 e. The highest BCUT2D eigenvalue weighted by Gasteiger charge is 2.27. The van der Waals surface area contributed by atoms with Gasteiger partial charge in [0, 0.05) is 25.7 Å². The van der Waals surface area contributed by atoms with Crippen LogP contribution in [-0.2, 0) is 9.53 Å². The molecule has 0 spiro atoms. The predicted octanol–water partition coefficient (Wildman–Crippen LogP) is 0.339. The molecule has 1 rings (SSSR count). The Morgan fingerprint density at radius 2 is 2.06 bits per heavy atom. The Morgan fingerprint density at radius 3 is 2.61 bits per heavy atom. The Kier molecular flexibility index (Phi) is 6.60. The van der Waals surface area contributed by atoms with Gasteiger partial charge in [0.2, 0.25) is 5.91 Å². The van der Waals surface area contributed by atoms with Crippen molar-refractivity contribution in [2.45, 2.75) is 50.7 Å². The molecule has 106 valence electrons. The van der Waals surface area contributed by atoms with Gasteiger partial charge in [0.15, 0.2) is 0 Å². The number of rotatable bonds is 6. The molecule has 1 saturated carbocycles. The molecule has 0 heterocycles. The van der Waals surface area contributed by atoms with Gasteiger partial charge in [-0.15, -0.1) is 0 Å². The van der Waals surface area contributed by atoms with Crippen molar-refractivity contribution >= 4 is 5.91 Å². The van der Waals surface area contributed by atoms with Crippen LogP contribution in [0.3, 0.4) is 0 Å². The molecule has 1 aliphatic carbocycles. The van der Waals surface area contributed by atoms with Gasteiger partial charge in [0.25, 0.3) is 0 Å². The lowest BCUT2D eigenvalue weighted by atomic mass is 9.90. The largest absolute Gasteiger partial charge is 0.383 e. The zero-order valence-electron chi connectivity index (χ0n) is 11.8. The van der Waals surface area contributed by atoms with E-state index in [0.717, 1.165) is 25.7 Å². The second-order valence-electron chi connectivity index (χ2n) is 5.19. The van der Waals surface area contributed by atoms with E-state index in [1.165, 1.54) is 0 Å². The van der Waals surface area contributed by atoms with Gasteiger partial charge < -0.3 is 15.8 Å². The summed E-state index contributed by atoms with van der Waals surface area (Å²) in [6.45, 7) is 3.08. The van der Waals surface area contributed by atoms with Gasteiger partial charge in [-0.1, -0.05) is 0 Å². The molecule has 0 aromatic carbocycles. The van der Waals surface area contributed by atoms with Crippen molar-refractivity contribution < 1.29 is 9.53 Å². The van der Waals surface area contributed by atoms with Crippen LogP contribution >= 0.6 is 0 Å². The Bertz CT molecular complexity index is 253. The van der Waals surface area contributed by atoms with Gasteiger partial charge in [-0.3, -0.25) is 9.69 Å². The van der Waals surface area contributed by atoms with Crippen molar-refractivity contribution in [3.8, 4) is 0 Å². The first kappa shape index (κ1) is 15.4. The van der Waals surface area contributed by atoms with E-state index in [0.29, 0.717) is 25.2 Å². The van der Waals surface area contributed by atoms with E-state index < -0.39 is 0 Å². The number of carbonyl (C=O) groups is 1. The molecular weight excluding hydrogens is 230 g/mol. The van der Waals surface area contributed by atoms with E-state index in [4.69, 9.17) is 10.5 Å². The van der Waals surface area contributed by atoms with Crippen LogP contribution in [0.25, 0.3) is 0 Å². The molecule has 1 amide bonds. The Morgan fingerprint density at radius 1 is 1.44 bits per heavy atom. The summed E-state index contributed by atoms with van der Waals surface area (Å²) in [7, 11) is 3.66. The molecule has 3 N–H and O–H groups in total. The van der Waals surface area contributed by atoms with Gasteiger partial charge in [0.05, 0.1) is 12.6 Å². The second-order valence-corrected chi connectivity index (χ2v) is 5.19. The molecule has 0 saturated heterocycles. The zero-order valence-corrected chi connectivity index (χ0v) is 11.8. The number of amides is 1. The van der Waals surface area contributed by atoms with Crippen LogP contribution in [0.15, 0.2) is 0 Å². The lowest BCUT2D eigenvalue weighted by molar-refractivity contribution is -0.126. The van der Waals surface area contributed by atoms with E-state index in [1.54, 1.807) is 7.11 Å². The first-order valence-corrected chi connectivity index (χ1v) is 6.80. The molecule has 1 fully saturated rings. The number of likely N-dealkylation sites (N-methyl/N-ethyl adjacent to an activating group) is 1. The van der Waals surface area contributed by atoms with Crippen LogP contribution < -0.4 is 11.1 Å². The van der Waals surface area contributed by atoms with Crippen molar-refractivity contribution in [1.29, 1.82) is 0 Å². The highest BCUT2D eigenvalue weighted by Crippen LogP contribution is 2.22. The van der Waals surface area contributed by atoms with Crippen LogP contribution in [-0.4, -0.2) is 56.2 Å². The number of nitrogens with one attached hydrogen (secondary N) is 1. The Balaban J connectivity index is 2.35. The summed E-state index contributed by atoms with van der Waals surface area (Å²) in [5.41, 5.74) is 5.90. The lowest BCUT2D eigenvalue weighted by Gasteiger charge is -2.36. The van der Waals surface area contributed by atoms with Crippen LogP contribution in [0.1, 0.15) is 32.6 Å². The lowest BCUT2D eigenvalue weighted by Crippen LogP contribution is -2.49. The fourth-order valence-electron chi connectivity index (χ4n) is 2.43. The maximum atomic E-state index is 11.9. The van der Waals surface area contributed by atoms with E-state index in [1.807, 2.05) is 14.0 Å². The van der Waals surface area contributed by atoms with Gasteiger partial charge in [0.1, 0.15) is 0 Å². The fraction of sp³-hybridized carbons (Fsp3) is 0.923. The maximum absolute atomic E-state index is 11.9. The van der Waals surface area contributed by atoms with Crippen molar-refractivity contribution in [1.82, 2.24) is 10.2 Å². The van der Waals surface area contributed by atoms with Crippen molar-refractivity contribution in [3.63, 3.8) is 0 Å². The van der Waals surface area contributed by atoms with Crippen LogP contribution in [0.5, 0.6) is 0 Å². The smallest absolute Gasteiger partial charge is 0.237 e. The van der Waals surface area contributed by atoms with Gasteiger partial charge in [-0.05, 0) is 39.7 Å². The monoisotopic (exact) mass is 257 g/mol. The predicted molar refractivity (Wildman–Crippen MR) is 72.3 cm³/mol. The molecule has 0 radical (unpaired) electrons. The molecule has 5 nitrogen and oxygen atoms in total. The molecular formula is C13H27N3O2. The molecule has 0 aliphatic heterocycles. The summed E-state index contributed by atoms with van der Waals surface area (Å²) >= 11 is 0. The van der Waals surface area contributed by atoms with Crippen LogP contribution in [0.2, 0.25) is 0 Å². The Hall–Kier alpha value is -0.650. The Labute approximate surface area is 110 Å². The van der Waals surface area contributed by atoms with Crippen LogP contribution in [0.4, 0.5) is 0 Å². The summed E-state index contributed by atoms with van der Waals surface area (Å²) in [5, 5.41) is 2.88. The summed E-state index contributed by atoms with van der Waals surface area (Å²) in [4.78, 5) is 14.1. The molecule has 0 aromatic rings. The third kappa shape index (κ3) is 4.55. The van der Waals surface area contributed by atoms with Crippen molar-refractivity contribution in [2.24, 2.45) is 5.73 Å². The SMILES string of the molecule is COCCNC(=O)C(C)N(C)C1CCC(N)CC1. The molecule has 0 bridgehead atoms. The molecule has 5 heteroatoms. The summed E-state index contributed by atoms with van der Waals surface area (Å²) in [5.74, 6) is 0.0735. The minimum Gasteiger partial charge on any atom is -0.383 e. The number of nitrogens with two attached hydrogens (primary N) is 1. The number of hydrogen-bond donors (Lipinski definition) is 2. The van der Waals surface area contributed by atoms with Gasteiger partial charge in [-0.25, -0.2) is 0 Å². The average Bonchev–Trinajstić information content (AvgIpc) is 2.38. The van der Waals surface area contributed by atoms with E-state index in [-0.39, 0.29) is 11.9 Å². The third-order valence-corrected chi connectivity index (χ3v) is 3.91. The topological polar surface area (TPSA) is 67.6 Å². The van der Waals surface area contributed by atoms with Gasteiger partial charge >= 0.3 is 0 Å². The first-order valence-electron chi connectivity index (χ1n) is 6.80. The summed E-state index contributed by atoms with van der Waals surface area (Å²) in [6.07, 6.45) is 4.31. The summed E-state index contributed by atoms with van der Waals surface area (Å²) in [6, 6.07) is 0.731. The fourth-order valence-corrected chi connectivity index (χ4v) is 2.43.